The van der Waals surface area contributed by atoms with Crippen molar-refractivity contribution in [2.24, 2.45) is 0 Å². The fraction of sp³-hybridized carbons (Fsp3) is 0. The van der Waals surface area contributed by atoms with Crippen molar-refractivity contribution in [2.45, 2.75) is 0 Å². The largest absolute Gasteiger partial charge is 0.456 e. The molecule has 0 amide bonds. The molecule has 1 heterocycles. The number of rotatable bonds is 3. The Morgan fingerprint density at radius 3 is 1.43 bits per heavy atom. The van der Waals surface area contributed by atoms with Crippen LogP contribution in [0.15, 0.2) is 186 Å². The summed E-state index contributed by atoms with van der Waals surface area (Å²) in [5.41, 5.74) is -6.08. The molecule has 51 heavy (non-hydrogen) atoms. The highest BCUT2D eigenvalue weighted by Crippen LogP contribution is 2.47. The zero-order valence-electron chi connectivity index (χ0n) is 55.4. The molecule has 0 spiro atoms. The van der Waals surface area contributed by atoms with Crippen LogP contribution in [0.3, 0.4) is 0 Å². The van der Waals surface area contributed by atoms with E-state index < -0.39 is 290 Å². The molecular formula is C50H30O. The van der Waals surface area contributed by atoms with Gasteiger partial charge in [0.1, 0.15) is 11.2 Å². The van der Waals surface area contributed by atoms with Crippen LogP contribution in [0.5, 0.6) is 0 Å². The van der Waals surface area contributed by atoms with E-state index >= 15 is 0 Å². The first-order valence-corrected chi connectivity index (χ1v) is 15.2. The van der Waals surface area contributed by atoms with Gasteiger partial charge in [0.05, 0.1) is 41.1 Å². The summed E-state index contributed by atoms with van der Waals surface area (Å²) in [4.78, 5) is 0. The van der Waals surface area contributed by atoms with Gasteiger partial charge >= 0.3 is 0 Å². The monoisotopic (exact) mass is 676 g/mol. The van der Waals surface area contributed by atoms with Gasteiger partial charge in [-0.1, -0.05) is 163 Å². The highest BCUT2D eigenvalue weighted by molar-refractivity contribution is 6.26. The van der Waals surface area contributed by atoms with Crippen LogP contribution < -0.4 is 0 Å². The van der Waals surface area contributed by atoms with E-state index in [1.807, 2.05) is 0 Å². The normalized spacial score (nSPS) is 20.2. The predicted octanol–water partition coefficient (Wildman–Crippen LogP) is 14.4. The fourth-order valence-corrected chi connectivity index (χ4v) is 6.54. The third-order valence-corrected chi connectivity index (χ3v) is 8.64. The second-order valence-electron chi connectivity index (χ2n) is 11.3. The van der Waals surface area contributed by atoms with Crippen molar-refractivity contribution < 1.29 is 45.5 Å². The molecule has 0 radical (unpaired) electrons. The summed E-state index contributed by atoms with van der Waals surface area (Å²) in [6, 6.07) is -28.9. The van der Waals surface area contributed by atoms with Gasteiger partial charge in [-0.15, -0.1) is 0 Å². The van der Waals surface area contributed by atoms with Crippen LogP contribution in [0.2, 0.25) is 0 Å². The van der Waals surface area contributed by atoms with Crippen molar-refractivity contribution in [3.8, 4) is 33.4 Å². The summed E-state index contributed by atoms with van der Waals surface area (Å²) in [5, 5.41) is -8.21. The molecule has 0 aliphatic heterocycles. The van der Waals surface area contributed by atoms with Gasteiger partial charge in [0, 0.05) is 10.8 Å². The molecule has 0 bridgehead atoms. The van der Waals surface area contributed by atoms with Crippen molar-refractivity contribution in [3.05, 3.63) is 181 Å². The molecule has 1 heteroatoms. The number of benzene rings is 10. The Morgan fingerprint density at radius 2 is 0.765 bits per heavy atom. The van der Waals surface area contributed by atoms with E-state index in [9.17, 15) is 16.4 Å². The minimum atomic E-state index is -1.11. The summed E-state index contributed by atoms with van der Waals surface area (Å²) in [6.45, 7) is 0. The van der Waals surface area contributed by atoms with Gasteiger partial charge < -0.3 is 4.42 Å². The van der Waals surface area contributed by atoms with E-state index in [4.69, 9.17) is 29.1 Å². The number of fused-ring (bicyclic) bond motifs is 9. The second kappa shape index (κ2) is 10.9. The van der Waals surface area contributed by atoms with Gasteiger partial charge in [-0.3, -0.25) is 0 Å². The third kappa shape index (κ3) is 4.16. The first-order chi connectivity index (χ1) is 37.8. The van der Waals surface area contributed by atoms with Gasteiger partial charge in [0.25, 0.3) is 0 Å². The molecule has 0 N–H and O–H groups in total. The molecule has 11 aromatic rings. The van der Waals surface area contributed by atoms with Gasteiger partial charge in [-0.25, -0.2) is 0 Å². The van der Waals surface area contributed by atoms with E-state index in [0.29, 0.717) is 0 Å². The summed E-state index contributed by atoms with van der Waals surface area (Å²) >= 11 is 0. The molecule has 1 aromatic heterocycles. The quantitative estimate of drug-likeness (QED) is 0.170. The number of hydrogen-bond donors (Lipinski definition) is 0. The lowest BCUT2D eigenvalue weighted by Gasteiger charge is -2.20. The second-order valence-corrected chi connectivity index (χ2v) is 11.3. The summed E-state index contributed by atoms with van der Waals surface area (Å²) in [7, 11) is 0. The molecule has 236 valence electrons. The number of hydrogen-bond acceptors (Lipinski definition) is 1. The molecule has 0 atom stereocenters. The molecular weight excluding hydrogens is 617 g/mol. The Balaban J connectivity index is 1.47. The Bertz CT molecular complexity index is 4840. The van der Waals surface area contributed by atoms with Crippen LogP contribution in [0.25, 0.3) is 109 Å². The predicted molar refractivity (Wildman–Crippen MR) is 218 cm³/mol. The van der Waals surface area contributed by atoms with Crippen LogP contribution in [0, 0.1) is 0 Å². The Kier molecular flexibility index (Phi) is 2.50. The van der Waals surface area contributed by atoms with E-state index in [1.165, 1.54) is 0 Å². The van der Waals surface area contributed by atoms with Gasteiger partial charge in [-0.2, -0.15) is 0 Å². The third-order valence-electron chi connectivity index (χ3n) is 8.64. The van der Waals surface area contributed by atoms with Gasteiger partial charge in [-0.05, 0) is 105 Å². The molecule has 0 saturated carbocycles. The molecule has 0 unspecified atom stereocenters. The molecule has 0 fully saturated rings. The average Bonchev–Trinajstić information content (AvgIpc) is 2.68. The van der Waals surface area contributed by atoms with Crippen LogP contribution in [0.1, 0.15) is 41.1 Å². The van der Waals surface area contributed by atoms with E-state index in [0.717, 1.165) is 0 Å². The van der Waals surface area contributed by atoms with Crippen molar-refractivity contribution in [2.75, 3.05) is 0 Å². The van der Waals surface area contributed by atoms with Crippen LogP contribution in [0.4, 0.5) is 0 Å². The SMILES string of the molecule is [2H]c1c([2H])c(-c2c([2H])c([2H])c3c([2H])c([2H])c([2H])c(-c4c5c([2H])c([2H])c([2H])c([2H])c5c(-c5c([2H])c([2H])c([2H])c6c([2H])c([2H])c([2H])c([2H])c56)c5c([2H])c([2H])c([2H])c([2H])c45)c3c2[2H])c2c(oc3c([2H])c([2H])c4c([2H])c([2H])c([2H])c([2H])c4c32)c1[2H]. The highest BCUT2D eigenvalue weighted by atomic mass is 16.3. The van der Waals surface area contributed by atoms with Crippen LogP contribution >= 0.6 is 0 Å². The van der Waals surface area contributed by atoms with Gasteiger partial charge in [0.15, 0.2) is 0 Å². The van der Waals surface area contributed by atoms with Crippen molar-refractivity contribution in [1.29, 1.82) is 0 Å². The standard InChI is InChI=1S/C50H30O/c1-3-16-35-31(12-1)14-9-23-38(35)47-39-18-5-7-20-41(39)48(42-21-8-6-19-40(42)47)43-24-10-15-33-26-27-34(30-44(33)43)37-22-11-25-45-50(37)49-36-17-4-2-13-32(36)28-29-46(49)51-45/h1-30H/i1D,2D,3D,4D,5D,6D,7D,8D,9D,10D,11D,12D,13D,14D,15D,16D,17D,18D,19D,20D,21D,22D,23D,24D,25D,26D,27D,28D,29D,30D. The Labute approximate surface area is 336 Å². The topological polar surface area (TPSA) is 13.1 Å². The zero-order valence-corrected chi connectivity index (χ0v) is 25.4. The van der Waals surface area contributed by atoms with Gasteiger partial charge in [0.2, 0.25) is 0 Å². The van der Waals surface area contributed by atoms with E-state index in [1.54, 1.807) is 0 Å². The molecule has 0 saturated heterocycles. The Morgan fingerprint density at radius 1 is 0.314 bits per heavy atom. The fourth-order valence-electron chi connectivity index (χ4n) is 6.54. The molecule has 0 aliphatic rings. The summed E-state index contributed by atoms with van der Waals surface area (Å²) < 4.78 is 280. The molecule has 11 rings (SSSR count). The van der Waals surface area contributed by atoms with Crippen LogP contribution in [-0.2, 0) is 0 Å². The minimum Gasteiger partial charge on any atom is -0.456 e. The smallest absolute Gasteiger partial charge is 0.136 e. The summed E-state index contributed by atoms with van der Waals surface area (Å²) in [6.07, 6.45) is 0. The maximum absolute atomic E-state index is 10.2. The van der Waals surface area contributed by atoms with Crippen LogP contribution in [-0.4, -0.2) is 0 Å². The summed E-state index contributed by atoms with van der Waals surface area (Å²) in [5.74, 6) is 0. The first kappa shape index (κ1) is 11.7. The lowest BCUT2D eigenvalue weighted by molar-refractivity contribution is 0.669. The van der Waals surface area contributed by atoms with Crippen molar-refractivity contribution in [1.82, 2.24) is 0 Å². The lowest BCUT2D eigenvalue weighted by Crippen LogP contribution is -1.92. The number of furan rings is 1. The Hall–Kier alpha value is -6.70. The molecule has 10 aromatic carbocycles. The molecule has 1 nitrogen and oxygen atoms in total. The van der Waals surface area contributed by atoms with Crippen molar-refractivity contribution in [3.63, 3.8) is 0 Å². The van der Waals surface area contributed by atoms with E-state index in [2.05, 4.69) is 0 Å². The molecule has 0 aliphatic carbocycles. The maximum Gasteiger partial charge on any atom is 0.136 e. The lowest BCUT2D eigenvalue weighted by atomic mass is 9.83. The highest BCUT2D eigenvalue weighted by Gasteiger charge is 2.20. The first-order valence-electron chi connectivity index (χ1n) is 30.2. The van der Waals surface area contributed by atoms with Crippen molar-refractivity contribution >= 4 is 75.8 Å². The average molecular weight is 677 g/mol. The van der Waals surface area contributed by atoms with E-state index in [-0.39, 0.29) is 0 Å². The maximum atomic E-state index is 10.2. The minimum absolute atomic E-state index is 0.459. The zero-order chi connectivity index (χ0) is 59.6.